The van der Waals surface area contributed by atoms with Crippen LogP contribution in [0, 0.1) is 17.8 Å². The molecule has 1 heterocycles. The van der Waals surface area contributed by atoms with Gasteiger partial charge in [-0.25, -0.2) is 4.79 Å². The Morgan fingerprint density at radius 3 is 2.60 bits per heavy atom. The largest absolute Gasteiger partial charge is 0.481 e. The van der Waals surface area contributed by atoms with Gasteiger partial charge in [0.25, 0.3) is 0 Å². The third-order valence-corrected chi connectivity index (χ3v) is 3.49. The summed E-state index contributed by atoms with van der Waals surface area (Å²) in [6.45, 7) is 9.23. The Labute approximate surface area is 149 Å². The highest BCUT2D eigenvalue weighted by molar-refractivity contribution is 5.74. The number of carbonyl (C=O) groups excluding carboxylic acids is 1. The third-order valence-electron chi connectivity index (χ3n) is 3.49. The molecule has 1 aliphatic heterocycles. The van der Waals surface area contributed by atoms with Gasteiger partial charge in [0.05, 0.1) is 12.0 Å². The van der Waals surface area contributed by atoms with Crippen molar-refractivity contribution in [1.29, 1.82) is 0 Å². The highest BCUT2D eigenvalue weighted by atomic mass is 16.6. The standard InChI is InChI=1S/C19H26N2O4/c1-14(7-6-12-20-5)8-10-16-11-9-15(17(22)23)13-21(16)18(24)25-19(2,3)4/h6-7,12,15-16H,1,9,11,13H2,2-5H3,(H,22,23)/b7-6-,20-12?. The smallest absolute Gasteiger partial charge is 0.411 e. The number of piperidine rings is 1. The average Bonchev–Trinajstić information content (AvgIpc) is 2.51. The zero-order chi connectivity index (χ0) is 19.0. The molecule has 1 fully saturated rings. The van der Waals surface area contributed by atoms with Gasteiger partial charge in [0.2, 0.25) is 0 Å². The molecular weight excluding hydrogens is 320 g/mol. The number of aliphatic carboxylic acids is 1. The van der Waals surface area contributed by atoms with E-state index in [-0.39, 0.29) is 6.54 Å². The molecule has 0 bridgehead atoms. The van der Waals surface area contributed by atoms with E-state index in [1.807, 2.05) is 0 Å². The second-order valence-electron chi connectivity index (χ2n) is 6.82. The fourth-order valence-corrected chi connectivity index (χ4v) is 2.31. The van der Waals surface area contributed by atoms with Crippen molar-refractivity contribution in [3.05, 3.63) is 24.3 Å². The van der Waals surface area contributed by atoms with Crippen molar-refractivity contribution in [1.82, 2.24) is 4.90 Å². The van der Waals surface area contributed by atoms with Crippen molar-refractivity contribution in [3.63, 3.8) is 0 Å². The number of nitrogens with zero attached hydrogens (tertiary/aromatic N) is 2. The zero-order valence-corrected chi connectivity index (χ0v) is 15.3. The predicted molar refractivity (Wildman–Crippen MR) is 97.6 cm³/mol. The summed E-state index contributed by atoms with van der Waals surface area (Å²) in [5.74, 6) is 4.41. The fraction of sp³-hybridized carbons (Fsp3) is 0.526. The summed E-state index contributed by atoms with van der Waals surface area (Å²) in [6.07, 6.45) is 5.48. The van der Waals surface area contributed by atoms with Crippen LogP contribution in [0.3, 0.4) is 0 Å². The van der Waals surface area contributed by atoms with E-state index in [1.165, 1.54) is 4.90 Å². The van der Waals surface area contributed by atoms with Crippen molar-refractivity contribution in [2.45, 2.75) is 45.3 Å². The van der Waals surface area contributed by atoms with Gasteiger partial charge in [0, 0.05) is 25.4 Å². The summed E-state index contributed by atoms with van der Waals surface area (Å²) in [5, 5.41) is 9.24. The Morgan fingerprint density at radius 1 is 1.36 bits per heavy atom. The summed E-state index contributed by atoms with van der Waals surface area (Å²) in [4.78, 5) is 28.9. The van der Waals surface area contributed by atoms with E-state index in [9.17, 15) is 14.7 Å². The lowest BCUT2D eigenvalue weighted by Gasteiger charge is -2.36. The second-order valence-corrected chi connectivity index (χ2v) is 6.82. The Kier molecular flexibility index (Phi) is 7.43. The van der Waals surface area contributed by atoms with Crippen molar-refractivity contribution in [3.8, 4) is 11.8 Å². The van der Waals surface area contributed by atoms with Gasteiger partial charge in [-0.3, -0.25) is 14.7 Å². The normalized spacial score (nSPS) is 21.0. The number of amides is 1. The number of allylic oxidation sites excluding steroid dienone is 3. The van der Waals surface area contributed by atoms with Crippen LogP contribution in [0.1, 0.15) is 33.6 Å². The molecular formula is C19H26N2O4. The van der Waals surface area contributed by atoms with Crippen LogP contribution in [0.2, 0.25) is 0 Å². The molecule has 0 aromatic heterocycles. The fourth-order valence-electron chi connectivity index (χ4n) is 2.31. The van der Waals surface area contributed by atoms with E-state index in [2.05, 4.69) is 23.4 Å². The van der Waals surface area contributed by atoms with Gasteiger partial charge in [-0.2, -0.15) is 0 Å². The molecule has 2 unspecified atom stereocenters. The molecule has 0 aromatic rings. The number of aliphatic imine (C=N–C) groups is 1. The molecule has 6 heteroatoms. The molecule has 0 aromatic carbocycles. The van der Waals surface area contributed by atoms with Crippen LogP contribution < -0.4 is 0 Å². The molecule has 25 heavy (non-hydrogen) atoms. The first-order chi connectivity index (χ1) is 11.6. The number of hydrogen-bond donors (Lipinski definition) is 1. The number of rotatable bonds is 3. The first kappa shape index (κ1) is 20.5. The lowest BCUT2D eigenvalue weighted by molar-refractivity contribution is -0.143. The maximum absolute atomic E-state index is 12.4. The van der Waals surface area contributed by atoms with Crippen molar-refractivity contribution in [2.75, 3.05) is 13.6 Å². The van der Waals surface area contributed by atoms with E-state index in [0.29, 0.717) is 18.4 Å². The average molecular weight is 346 g/mol. The predicted octanol–water partition coefficient (Wildman–Crippen LogP) is 2.90. The van der Waals surface area contributed by atoms with Crippen LogP contribution in [-0.4, -0.2) is 53.5 Å². The summed E-state index contributed by atoms with van der Waals surface area (Å²) in [5.41, 5.74) is -0.0683. The van der Waals surface area contributed by atoms with E-state index >= 15 is 0 Å². The highest BCUT2D eigenvalue weighted by Crippen LogP contribution is 2.24. The third kappa shape index (κ3) is 7.25. The minimum absolute atomic E-state index is 0.0917. The van der Waals surface area contributed by atoms with E-state index in [1.54, 1.807) is 46.2 Å². The van der Waals surface area contributed by atoms with Gasteiger partial charge in [0.1, 0.15) is 5.60 Å². The van der Waals surface area contributed by atoms with Gasteiger partial charge in [0.15, 0.2) is 0 Å². The molecule has 0 spiro atoms. The maximum Gasteiger partial charge on any atom is 0.411 e. The monoisotopic (exact) mass is 346 g/mol. The lowest BCUT2D eigenvalue weighted by atomic mass is 9.93. The number of likely N-dealkylation sites (tertiary alicyclic amines) is 1. The SMILES string of the molecule is C=C(C#CC1CCC(C(=O)O)CN1C(=O)OC(C)(C)C)/C=C\C=NC. The molecule has 1 aliphatic rings. The van der Waals surface area contributed by atoms with Gasteiger partial charge < -0.3 is 9.84 Å². The summed E-state index contributed by atoms with van der Waals surface area (Å²) in [7, 11) is 1.67. The Hall–Kier alpha value is -2.55. The van der Waals surface area contributed by atoms with Gasteiger partial charge >= 0.3 is 12.1 Å². The molecule has 0 aliphatic carbocycles. The first-order valence-electron chi connectivity index (χ1n) is 8.15. The zero-order valence-electron chi connectivity index (χ0n) is 15.3. The van der Waals surface area contributed by atoms with Crippen molar-refractivity contribution >= 4 is 18.3 Å². The number of carboxylic acid groups (broad SMARTS) is 1. The molecule has 1 N–H and O–H groups in total. The van der Waals surface area contributed by atoms with Crippen LogP contribution in [0.5, 0.6) is 0 Å². The van der Waals surface area contributed by atoms with Crippen LogP contribution in [0.15, 0.2) is 29.3 Å². The van der Waals surface area contributed by atoms with Gasteiger partial charge in [-0.15, -0.1) is 0 Å². The highest BCUT2D eigenvalue weighted by Gasteiger charge is 2.36. The lowest BCUT2D eigenvalue weighted by Crippen LogP contribution is -2.49. The molecule has 1 amide bonds. The topological polar surface area (TPSA) is 79.2 Å². The molecule has 0 radical (unpaired) electrons. The Balaban J connectivity index is 2.93. The Bertz CT molecular complexity index is 632. The van der Waals surface area contributed by atoms with E-state index in [0.717, 1.165) is 0 Å². The minimum Gasteiger partial charge on any atom is -0.481 e. The number of carbonyl (C=O) groups is 2. The summed E-state index contributed by atoms with van der Waals surface area (Å²) < 4.78 is 5.39. The van der Waals surface area contributed by atoms with E-state index in [4.69, 9.17) is 4.74 Å². The van der Waals surface area contributed by atoms with Crippen LogP contribution >= 0.6 is 0 Å². The first-order valence-corrected chi connectivity index (χ1v) is 8.15. The molecule has 136 valence electrons. The number of hydrogen-bond acceptors (Lipinski definition) is 4. The van der Waals surface area contributed by atoms with Crippen molar-refractivity contribution < 1.29 is 19.4 Å². The molecule has 0 saturated carbocycles. The maximum atomic E-state index is 12.4. The van der Waals surface area contributed by atoms with Crippen LogP contribution in [-0.2, 0) is 9.53 Å². The van der Waals surface area contributed by atoms with Gasteiger partial charge in [-0.05, 0) is 45.8 Å². The summed E-state index contributed by atoms with van der Waals surface area (Å²) in [6, 6.07) is -0.393. The molecule has 1 saturated heterocycles. The molecule has 2 atom stereocenters. The molecule has 1 rings (SSSR count). The van der Waals surface area contributed by atoms with Gasteiger partial charge in [-0.1, -0.05) is 18.4 Å². The minimum atomic E-state index is -0.911. The second kappa shape index (κ2) is 9.07. The molecule has 6 nitrogen and oxygen atoms in total. The number of ether oxygens (including phenoxy) is 1. The number of carboxylic acids is 1. The quantitative estimate of drug-likeness (QED) is 0.484. The summed E-state index contributed by atoms with van der Waals surface area (Å²) >= 11 is 0. The Morgan fingerprint density at radius 2 is 2.04 bits per heavy atom. The van der Waals surface area contributed by atoms with E-state index < -0.39 is 29.6 Å². The van der Waals surface area contributed by atoms with Crippen molar-refractivity contribution in [2.24, 2.45) is 10.9 Å². The van der Waals surface area contributed by atoms with Crippen LogP contribution in [0.4, 0.5) is 4.79 Å². The van der Waals surface area contributed by atoms with Crippen LogP contribution in [0.25, 0.3) is 0 Å².